The molecule has 0 bridgehead atoms. The average Bonchev–Trinajstić information content (AvgIpc) is 2.51. The Morgan fingerprint density at radius 3 is 2.50 bits per heavy atom. The smallest absolute Gasteiger partial charge is 0.339 e. The first-order valence-corrected chi connectivity index (χ1v) is 7.35. The number of hydrogen-bond donors (Lipinski definition) is 1. The van der Waals surface area contributed by atoms with E-state index in [9.17, 15) is 9.59 Å². The number of anilines is 1. The zero-order chi connectivity index (χ0) is 15.7. The first-order valence-electron chi connectivity index (χ1n) is 6.60. The van der Waals surface area contributed by atoms with Crippen molar-refractivity contribution in [2.45, 2.75) is 12.5 Å². The van der Waals surface area contributed by atoms with E-state index in [4.69, 9.17) is 27.9 Å². The van der Waals surface area contributed by atoms with Crippen LogP contribution < -0.4 is 5.32 Å². The Morgan fingerprint density at radius 1 is 1.09 bits per heavy atom. The maximum atomic E-state index is 12.3. The summed E-state index contributed by atoms with van der Waals surface area (Å²) in [7, 11) is 0. The fourth-order valence-electron chi connectivity index (χ4n) is 2.30. The number of nitrogens with one attached hydrogen (secondary N) is 1. The normalized spacial score (nSPS) is 16.6. The molecule has 0 aromatic heterocycles. The Kier molecular flexibility index (Phi) is 4.05. The predicted molar refractivity (Wildman–Crippen MR) is 84.4 cm³/mol. The van der Waals surface area contributed by atoms with Gasteiger partial charge in [0, 0.05) is 6.42 Å². The lowest BCUT2D eigenvalue weighted by atomic mass is 9.98. The van der Waals surface area contributed by atoms with Crippen LogP contribution in [-0.2, 0) is 16.0 Å². The number of benzene rings is 2. The third-order valence-corrected chi connectivity index (χ3v) is 4.03. The van der Waals surface area contributed by atoms with Crippen molar-refractivity contribution in [3.63, 3.8) is 0 Å². The molecule has 4 nitrogen and oxygen atoms in total. The molecule has 0 unspecified atom stereocenters. The van der Waals surface area contributed by atoms with E-state index in [-0.39, 0.29) is 0 Å². The maximum absolute atomic E-state index is 12.3. The van der Waals surface area contributed by atoms with Gasteiger partial charge in [0.25, 0.3) is 5.91 Å². The zero-order valence-electron chi connectivity index (χ0n) is 11.3. The van der Waals surface area contributed by atoms with Gasteiger partial charge in [-0.2, -0.15) is 0 Å². The number of halogens is 2. The minimum absolute atomic E-state index is 0.311. The second-order valence-electron chi connectivity index (χ2n) is 4.84. The Hall–Kier alpha value is -2.04. The van der Waals surface area contributed by atoms with E-state index in [2.05, 4.69) is 5.32 Å². The highest BCUT2D eigenvalue weighted by molar-refractivity contribution is 6.39. The first-order chi connectivity index (χ1) is 10.6. The van der Waals surface area contributed by atoms with Crippen LogP contribution in [0.15, 0.2) is 42.5 Å². The fourth-order valence-corrected chi connectivity index (χ4v) is 2.79. The summed E-state index contributed by atoms with van der Waals surface area (Å²) in [6, 6.07) is 12.0. The minimum atomic E-state index is -0.908. The Bertz CT molecular complexity index is 741. The molecule has 6 heteroatoms. The molecule has 1 aliphatic heterocycles. The second-order valence-corrected chi connectivity index (χ2v) is 5.66. The molecule has 1 N–H and O–H groups in total. The number of hydrogen-bond acceptors (Lipinski definition) is 3. The van der Waals surface area contributed by atoms with Gasteiger partial charge in [-0.05, 0) is 23.8 Å². The molecule has 1 atom stereocenters. The molecule has 0 radical (unpaired) electrons. The standard InChI is InChI=1S/C16H11Cl2NO3/c17-11-6-3-7-12(18)14(11)19-15(20)13-8-9-4-1-2-5-10(9)16(21)22-13/h1-7,13H,8H2,(H,19,20)/t13-/m0/s1. The van der Waals surface area contributed by atoms with E-state index >= 15 is 0 Å². The summed E-state index contributed by atoms with van der Waals surface area (Å²) in [6.45, 7) is 0. The molecule has 0 aliphatic carbocycles. The van der Waals surface area contributed by atoms with Gasteiger partial charge in [-0.3, -0.25) is 4.79 Å². The summed E-state index contributed by atoms with van der Waals surface area (Å²) in [5.74, 6) is -0.967. The van der Waals surface area contributed by atoms with Gasteiger partial charge in [0.05, 0.1) is 21.3 Å². The van der Waals surface area contributed by atoms with Crippen molar-refractivity contribution in [1.82, 2.24) is 0 Å². The van der Waals surface area contributed by atoms with Crippen LogP contribution in [0, 0.1) is 0 Å². The van der Waals surface area contributed by atoms with E-state index in [0.717, 1.165) is 5.56 Å². The van der Waals surface area contributed by atoms with Gasteiger partial charge in [-0.15, -0.1) is 0 Å². The summed E-state index contributed by atoms with van der Waals surface area (Å²) < 4.78 is 5.19. The lowest BCUT2D eigenvalue weighted by molar-refractivity contribution is -0.125. The summed E-state index contributed by atoms with van der Waals surface area (Å²) in [5, 5.41) is 3.26. The molecule has 0 spiro atoms. The molecule has 1 heterocycles. The average molecular weight is 336 g/mol. The second kappa shape index (κ2) is 5.99. The van der Waals surface area contributed by atoms with Crippen LogP contribution in [0.2, 0.25) is 10.0 Å². The third kappa shape index (κ3) is 2.80. The molecule has 0 fully saturated rings. The number of cyclic esters (lactones) is 1. The van der Waals surface area contributed by atoms with E-state index in [1.165, 1.54) is 0 Å². The molecule has 2 aromatic carbocycles. The molecular weight excluding hydrogens is 325 g/mol. The van der Waals surface area contributed by atoms with Crippen LogP contribution in [0.25, 0.3) is 0 Å². The molecule has 22 heavy (non-hydrogen) atoms. The Labute approximate surface area is 137 Å². The van der Waals surface area contributed by atoms with E-state index < -0.39 is 18.0 Å². The van der Waals surface area contributed by atoms with E-state index in [1.807, 2.05) is 6.07 Å². The zero-order valence-corrected chi connectivity index (χ0v) is 12.8. The van der Waals surface area contributed by atoms with Gasteiger partial charge in [0.15, 0.2) is 6.10 Å². The minimum Gasteiger partial charge on any atom is -0.448 e. The molecule has 112 valence electrons. The lowest BCUT2D eigenvalue weighted by Crippen LogP contribution is -2.38. The lowest BCUT2D eigenvalue weighted by Gasteiger charge is -2.24. The molecule has 3 rings (SSSR count). The number of rotatable bonds is 2. The molecule has 0 saturated carbocycles. The van der Waals surface area contributed by atoms with Gasteiger partial charge in [0.2, 0.25) is 0 Å². The highest BCUT2D eigenvalue weighted by Crippen LogP contribution is 2.30. The van der Waals surface area contributed by atoms with Crippen LogP contribution in [0.3, 0.4) is 0 Å². The molecule has 2 aromatic rings. The van der Waals surface area contributed by atoms with E-state index in [1.54, 1.807) is 36.4 Å². The summed E-state index contributed by atoms with van der Waals surface area (Å²) in [4.78, 5) is 24.3. The number of carbonyl (C=O) groups excluding carboxylic acids is 2. The summed E-state index contributed by atoms with van der Waals surface area (Å²) in [5.41, 5.74) is 1.58. The van der Waals surface area contributed by atoms with Crippen LogP contribution in [-0.4, -0.2) is 18.0 Å². The van der Waals surface area contributed by atoms with Crippen LogP contribution >= 0.6 is 23.2 Å². The van der Waals surface area contributed by atoms with Crippen molar-refractivity contribution in [3.8, 4) is 0 Å². The maximum Gasteiger partial charge on any atom is 0.339 e. The first kappa shape index (κ1) is 14.9. The monoisotopic (exact) mass is 335 g/mol. The highest BCUT2D eigenvalue weighted by Gasteiger charge is 2.31. The topological polar surface area (TPSA) is 55.4 Å². The van der Waals surface area contributed by atoms with Crippen molar-refractivity contribution in [3.05, 3.63) is 63.6 Å². The van der Waals surface area contributed by atoms with Crippen molar-refractivity contribution in [1.29, 1.82) is 0 Å². The SMILES string of the molecule is O=C1O[C@H](C(=O)Nc2c(Cl)cccc2Cl)Cc2ccccc21. The largest absolute Gasteiger partial charge is 0.448 e. The number of esters is 1. The molecular formula is C16H11Cl2NO3. The van der Waals surface area contributed by atoms with E-state index in [0.29, 0.717) is 27.7 Å². The van der Waals surface area contributed by atoms with Gasteiger partial charge in [-0.25, -0.2) is 4.79 Å². The summed E-state index contributed by atoms with van der Waals surface area (Å²) >= 11 is 12.0. The third-order valence-electron chi connectivity index (χ3n) is 3.40. The highest BCUT2D eigenvalue weighted by atomic mass is 35.5. The number of amides is 1. The van der Waals surface area contributed by atoms with Crippen LogP contribution in [0.1, 0.15) is 15.9 Å². The van der Waals surface area contributed by atoms with Gasteiger partial charge < -0.3 is 10.1 Å². The molecule has 0 saturated heterocycles. The van der Waals surface area contributed by atoms with Gasteiger partial charge in [-0.1, -0.05) is 47.5 Å². The quantitative estimate of drug-likeness (QED) is 0.851. The van der Waals surface area contributed by atoms with Crippen molar-refractivity contribution in [2.75, 3.05) is 5.32 Å². The van der Waals surface area contributed by atoms with Crippen molar-refractivity contribution in [2.24, 2.45) is 0 Å². The number of fused-ring (bicyclic) bond motifs is 1. The number of carbonyl (C=O) groups is 2. The Balaban J connectivity index is 1.81. The van der Waals surface area contributed by atoms with Crippen LogP contribution in [0.5, 0.6) is 0 Å². The van der Waals surface area contributed by atoms with Crippen LogP contribution in [0.4, 0.5) is 5.69 Å². The number of ether oxygens (including phenoxy) is 1. The van der Waals surface area contributed by atoms with Crippen molar-refractivity contribution >= 4 is 40.8 Å². The van der Waals surface area contributed by atoms with Gasteiger partial charge in [0.1, 0.15) is 0 Å². The predicted octanol–water partition coefficient (Wildman–Crippen LogP) is 3.71. The molecule has 1 aliphatic rings. The molecule has 1 amide bonds. The Morgan fingerprint density at radius 2 is 1.77 bits per heavy atom. The van der Waals surface area contributed by atoms with Crippen molar-refractivity contribution < 1.29 is 14.3 Å². The fraction of sp³-hybridized carbons (Fsp3) is 0.125. The van der Waals surface area contributed by atoms with Gasteiger partial charge >= 0.3 is 5.97 Å². The number of para-hydroxylation sites is 1. The summed E-state index contributed by atoms with van der Waals surface area (Å²) in [6.07, 6.45) is -0.592.